The number of carbonyl (C=O) groups is 1. The van der Waals surface area contributed by atoms with Crippen molar-refractivity contribution in [2.24, 2.45) is 0 Å². The highest BCUT2D eigenvalue weighted by Crippen LogP contribution is 2.08. The van der Waals surface area contributed by atoms with Crippen LogP contribution in [0.5, 0.6) is 0 Å². The summed E-state index contributed by atoms with van der Waals surface area (Å²) in [4.78, 5) is 12.4. The minimum atomic E-state index is -0.872. The van der Waals surface area contributed by atoms with Crippen molar-refractivity contribution in [2.45, 2.75) is 19.1 Å². The fraction of sp³-hybridized carbons (Fsp3) is 0.857. The molecule has 0 saturated carbocycles. The number of rotatable bonds is 1. The van der Waals surface area contributed by atoms with Crippen molar-refractivity contribution in [1.29, 1.82) is 0 Å². The molecule has 1 aliphatic heterocycles. The van der Waals surface area contributed by atoms with Crippen LogP contribution < -0.4 is 0 Å². The van der Waals surface area contributed by atoms with Crippen LogP contribution in [-0.2, 0) is 9.53 Å². The normalized spacial score (nSPS) is 33.6. The van der Waals surface area contributed by atoms with Crippen molar-refractivity contribution >= 4 is 5.97 Å². The summed E-state index contributed by atoms with van der Waals surface area (Å²) in [5.74, 6) is -0.872. The number of hydrogen-bond acceptors (Lipinski definition) is 3. The maximum Gasteiger partial charge on any atom is 0.334 e. The van der Waals surface area contributed by atoms with Gasteiger partial charge in [0.1, 0.15) is 0 Å². The molecule has 0 aromatic heterocycles. The van der Waals surface area contributed by atoms with Crippen molar-refractivity contribution in [2.75, 3.05) is 20.2 Å². The van der Waals surface area contributed by atoms with E-state index in [0.29, 0.717) is 19.2 Å². The van der Waals surface area contributed by atoms with E-state index in [-0.39, 0.29) is 0 Å². The smallest absolute Gasteiger partial charge is 0.334 e. The summed E-state index contributed by atoms with van der Waals surface area (Å²) in [6.07, 6.45) is -0.642. The third-order valence-electron chi connectivity index (χ3n) is 2.02. The summed E-state index contributed by atoms with van der Waals surface area (Å²) in [5, 5.41) is 8.59. The molecule has 0 bridgehead atoms. The molecule has 1 saturated heterocycles. The molecule has 4 nitrogen and oxygen atoms in total. The predicted molar refractivity (Wildman–Crippen MR) is 39.5 cm³/mol. The molecule has 0 aromatic rings. The number of carboxylic acids is 1. The maximum atomic E-state index is 10.5. The highest BCUT2D eigenvalue weighted by Gasteiger charge is 2.27. The van der Waals surface area contributed by atoms with E-state index in [2.05, 4.69) is 0 Å². The minimum absolute atomic E-state index is 0.325. The third-order valence-corrected chi connectivity index (χ3v) is 2.02. The Morgan fingerprint density at radius 1 is 1.73 bits per heavy atom. The standard InChI is InChI=1S/C7H13NO3/c1-5-4-11-6(7(9)10)3-8(5)2/h5-6H,3-4H2,1-2H3,(H,9,10). The summed E-state index contributed by atoms with van der Waals surface area (Å²) in [5.41, 5.74) is 0. The second-order valence-corrected chi connectivity index (χ2v) is 2.95. The quantitative estimate of drug-likeness (QED) is 0.575. The fourth-order valence-electron chi connectivity index (χ4n) is 1.03. The van der Waals surface area contributed by atoms with Crippen LogP contribution >= 0.6 is 0 Å². The Morgan fingerprint density at radius 3 is 2.82 bits per heavy atom. The maximum absolute atomic E-state index is 10.5. The lowest BCUT2D eigenvalue weighted by atomic mass is 10.2. The van der Waals surface area contributed by atoms with E-state index >= 15 is 0 Å². The van der Waals surface area contributed by atoms with Gasteiger partial charge in [-0.05, 0) is 14.0 Å². The van der Waals surface area contributed by atoms with Gasteiger partial charge in [-0.3, -0.25) is 4.90 Å². The van der Waals surface area contributed by atoms with Gasteiger partial charge in [-0.1, -0.05) is 0 Å². The van der Waals surface area contributed by atoms with E-state index in [0.717, 1.165) is 0 Å². The zero-order valence-electron chi connectivity index (χ0n) is 6.78. The lowest BCUT2D eigenvalue weighted by Gasteiger charge is -2.33. The number of ether oxygens (including phenoxy) is 1. The van der Waals surface area contributed by atoms with E-state index in [9.17, 15) is 4.79 Å². The van der Waals surface area contributed by atoms with E-state index in [1.54, 1.807) is 0 Å². The summed E-state index contributed by atoms with van der Waals surface area (Å²) in [7, 11) is 1.91. The van der Waals surface area contributed by atoms with Gasteiger partial charge in [0.25, 0.3) is 0 Å². The molecule has 1 heterocycles. The average Bonchev–Trinajstić information content (AvgIpc) is 1.94. The molecule has 4 heteroatoms. The van der Waals surface area contributed by atoms with Gasteiger partial charge >= 0.3 is 5.97 Å². The van der Waals surface area contributed by atoms with Crippen molar-refractivity contribution < 1.29 is 14.6 Å². The Bertz CT molecular complexity index is 160. The SMILES string of the molecule is CC1COC(C(=O)O)CN1C. The van der Waals surface area contributed by atoms with Crippen molar-refractivity contribution in [1.82, 2.24) is 4.90 Å². The monoisotopic (exact) mass is 159 g/mol. The molecule has 0 amide bonds. The number of hydrogen-bond donors (Lipinski definition) is 1. The van der Waals surface area contributed by atoms with Gasteiger partial charge in [-0.2, -0.15) is 0 Å². The Balaban J connectivity index is 2.46. The molecule has 2 unspecified atom stereocenters. The van der Waals surface area contributed by atoms with Crippen LogP contribution in [0.4, 0.5) is 0 Å². The van der Waals surface area contributed by atoms with Gasteiger partial charge in [-0.25, -0.2) is 4.79 Å². The van der Waals surface area contributed by atoms with Crippen LogP contribution in [0.1, 0.15) is 6.92 Å². The van der Waals surface area contributed by atoms with Gasteiger partial charge in [0.2, 0.25) is 0 Å². The Morgan fingerprint density at radius 2 is 2.36 bits per heavy atom. The summed E-state index contributed by atoms with van der Waals surface area (Å²) >= 11 is 0. The first-order chi connectivity index (χ1) is 5.11. The number of likely N-dealkylation sites (N-methyl/N-ethyl adjacent to an activating group) is 1. The van der Waals surface area contributed by atoms with E-state index < -0.39 is 12.1 Å². The molecule has 11 heavy (non-hydrogen) atoms. The predicted octanol–water partition coefficient (Wildman–Crippen LogP) is -0.210. The molecule has 1 fully saturated rings. The van der Waals surface area contributed by atoms with Crippen LogP contribution in [0.25, 0.3) is 0 Å². The highest BCUT2D eigenvalue weighted by atomic mass is 16.5. The van der Waals surface area contributed by atoms with Gasteiger partial charge in [0, 0.05) is 12.6 Å². The lowest BCUT2D eigenvalue weighted by Crippen LogP contribution is -2.48. The zero-order chi connectivity index (χ0) is 8.43. The topological polar surface area (TPSA) is 49.8 Å². The molecular weight excluding hydrogens is 146 g/mol. The van der Waals surface area contributed by atoms with E-state index in [1.807, 2.05) is 18.9 Å². The summed E-state index contributed by atoms with van der Waals surface area (Å²) < 4.78 is 5.08. The molecule has 0 radical (unpaired) electrons. The van der Waals surface area contributed by atoms with Crippen molar-refractivity contribution in [3.63, 3.8) is 0 Å². The van der Waals surface area contributed by atoms with Gasteiger partial charge in [0.15, 0.2) is 6.10 Å². The largest absolute Gasteiger partial charge is 0.479 e. The summed E-state index contributed by atoms with van der Waals surface area (Å²) in [6.45, 7) is 3.00. The average molecular weight is 159 g/mol. The van der Waals surface area contributed by atoms with Gasteiger partial charge in [0.05, 0.1) is 6.61 Å². The Hall–Kier alpha value is -0.610. The Kier molecular flexibility index (Phi) is 2.46. The number of nitrogens with zero attached hydrogens (tertiary/aromatic N) is 1. The lowest BCUT2D eigenvalue weighted by molar-refractivity contribution is -0.157. The molecule has 0 spiro atoms. The van der Waals surface area contributed by atoms with E-state index in [4.69, 9.17) is 9.84 Å². The van der Waals surface area contributed by atoms with Crippen molar-refractivity contribution in [3.8, 4) is 0 Å². The molecule has 1 rings (SSSR count). The van der Waals surface area contributed by atoms with Crippen LogP contribution in [0.2, 0.25) is 0 Å². The summed E-state index contributed by atoms with van der Waals surface area (Å²) in [6, 6.07) is 0.325. The second-order valence-electron chi connectivity index (χ2n) is 2.95. The first-order valence-corrected chi connectivity index (χ1v) is 3.66. The first kappa shape index (κ1) is 8.49. The Labute approximate surface area is 65.8 Å². The van der Waals surface area contributed by atoms with Crippen LogP contribution in [0.15, 0.2) is 0 Å². The number of carboxylic acid groups (broad SMARTS) is 1. The second kappa shape index (κ2) is 3.19. The minimum Gasteiger partial charge on any atom is -0.479 e. The molecule has 1 aliphatic rings. The first-order valence-electron chi connectivity index (χ1n) is 3.66. The fourth-order valence-corrected chi connectivity index (χ4v) is 1.03. The van der Waals surface area contributed by atoms with Gasteiger partial charge < -0.3 is 9.84 Å². The van der Waals surface area contributed by atoms with Gasteiger partial charge in [-0.15, -0.1) is 0 Å². The molecule has 0 aromatic carbocycles. The molecule has 2 atom stereocenters. The van der Waals surface area contributed by atoms with Crippen LogP contribution in [0, 0.1) is 0 Å². The zero-order valence-corrected chi connectivity index (χ0v) is 6.78. The van der Waals surface area contributed by atoms with E-state index in [1.165, 1.54) is 0 Å². The molecule has 64 valence electrons. The number of aliphatic carboxylic acids is 1. The third kappa shape index (κ3) is 1.91. The van der Waals surface area contributed by atoms with Crippen molar-refractivity contribution in [3.05, 3.63) is 0 Å². The highest BCUT2D eigenvalue weighted by molar-refractivity contribution is 5.72. The number of morpholine rings is 1. The van der Waals surface area contributed by atoms with Crippen LogP contribution in [-0.4, -0.2) is 48.3 Å². The molecule has 0 aliphatic carbocycles. The van der Waals surface area contributed by atoms with Crippen LogP contribution in [0.3, 0.4) is 0 Å². The molecular formula is C7H13NO3. The molecule has 1 N–H and O–H groups in total.